The van der Waals surface area contributed by atoms with E-state index in [1.54, 1.807) is 28.8 Å². The average Bonchev–Trinajstić information content (AvgIpc) is 3.25. The maximum absolute atomic E-state index is 14.3. The lowest BCUT2D eigenvalue weighted by molar-refractivity contribution is 0.174. The molecule has 1 aromatic heterocycles. The SMILES string of the molecule is O=c1c2cc3c(cc2nc(SCc2c(F)cccc2Cl)n1CCC1=CCCCC1)OCO3. The van der Waals surface area contributed by atoms with Crippen molar-refractivity contribution in [3.8, 4) is 11.5 Å². The van der Waals surface area contributed by atoms with E-state index in [1.807, 2.05) is 0 Å². The fraction of sp³-hybridized carbons (Fsp3) is 0.333. The largest absolute Gasteiger partial charge is 0.454 e. The molecular weight excluding hydrogens is 451 g/mol. The molecule has 2 aliphatic rings. The molecule has 0 fully saturated rings. The molecule has 5 rings (SSSR count). The van der Waals surface area contributed by atoms with Crippen LogP contribution in [0.15, 0.2) is 51.9 Å². The van der Waals surface area contributed by atoms with Crippen LogP contribution in [0.25, 0.3) is 10.9 Å². The predicted octanol–water partition coefficient (Wildman–Crippen LogP) is 6.10. The van der Waals surface area contributed by atoms with E-state index < -0.39 is 0 Å². The second-order valence-corrected chi connectivity index (χ2v) is 9.27. The summed E-state index contributed by atoms with van der Waals surface area (Å²) < 4.78 is 26.9. The topological polar surface area (TPSA) is 53.4 Å². The summed E-state index contributed by atoms with van der Waals surface area (Å²) in [6.45, 7) is 0.650. The van der Waals surface area contributed by atoms with Gasteiger partial charge in [-0.1, -0.05) is 41.1 Å². The van der Waals surface area contributed by atoms with E-state index >= 15 is 0 Å². The van der Waals surface area contributed by atoms with Gasteiger partial charge in [-0.05, 0) is 50.3 Å². The Morgan fingerprint density at radius 1 is 1.19 bits per heavy atom. The Morgan fingerprint density at radius 2 is 2.03 bits per heavy atom. The number of hydrogen-bond acceptors (Lipinski definition) is 5. The van der Waals surface area contributed by atoms with E-state index in [2.05, 4.69) is 6.08 Å². The summed E-state index contributed by atoms with van der Waals surface area (Å²) >= 11 is 7.52. The summed E-state index contributed by atoms with van der Waals surface area (Å²) in [6.07, 6.45) is 7.66. The van der Waals surface area contributed by atoms with Gasteiger partial charge in [0.15, 0.2) is 16.7 Å². The summed E-state index contributed by atoms with van der Waals surface area (Å²) in [6, 6.07) is 8.06. The Kier molecular flexibility index (Phi) is 6.11. The maximum Gasteiger partial charge on any atom is 0.262 e. The zero-order valence-corrected chi connectivity index (χ0v) is 19.0. The molecule has 0 amide bonds. The summed E-state index contributed by atoms with van der Waals surface area (Å²) in [5, 5.41) is 1.39. The van der Waals surface area contributed by atoms with Crippen LogP contribution in [0.2, 0.25) is 5.02 Å². The molecule has 0 N–H and O–H groups in total. The smallest absolute Gasteiger partial charge is 0.262 e. The number of ether oxygens (including phenoxy) is 2. The molecule has 2 heterocycles. The third-order valence-electron chi connectivity index (χ3n) is 5.86. The van der Waals surface area contributed by atoms with Crippen LogP contribution in [0.3, 0.4) is 0 Å². The second-order valence-electron chi connectivity index (χ2n) is 7.92. The van der Waals surface area contributed by atoms with Gasteiger partial charge in [0.05, 0.1) is 10.9 Å². The van der Waals surface area contributed by atoms with Crippen molar-refractivity contribution in [3.05, 3.63) is 68.7 Å². The molecule has 0 saturated carbocycles. The van der Waals surface area contributed by atoms with E-state index in [1.165, 1.54) is 36.2 Å². The summed E-state index contributed by atoms with van der Waals surface area (Å²) in [4.78, 5) is 18.2. The van der Waals surface area contributed by atoms with E-state index in [4.69, 9.17) is 26.1 Å². The molecule has 8 heteroatoms. The van der Waals surface area contributed by atoms with Crippen molar-refractivity contribution in [1.82, 2.24) is 9.55 Å². The molecule has 32 heavy (non-hydrogen) atoms. The van der Waals surface area contributed by atoms with Crippen molar-refractivity contribution in [1.29, 1.82) is 0 Å². The highest BCUT2D eigenvalue weighted by atomic mass is 35.5. The van der Waals surface area contributed by atoms with Gasteiger partial charge in [0.25, 0.3) is 5.56 Å². The number of nitrogens with zero attached hydrogens (tertiary/aromatic N) is 2. The first-order chi connectivity index (χ1) is 15.6. The van der Waals surface area contributed by atoms with Gasteiger partial charge in [-0.3, -0.25) is 9.36 Å². The molecule has 0 saturated heterocycles. The third kappa shape index (κ3) is 4.24. The van der Waals surface area contributed by atoms with Crippen LogP contribution in [0.4, 0.5) is 4.39 Å². The molecule has 5 nitrogen and oxygen atoms in total. The highest BCUT2D eigenvalue weighted by Gasteiger charge is 2.20. The quantitative estimate of drug-likeness (QED) is 0.246. The molecule has 0 radical (unpaired) electrons. The van der Waals surface area contributed by atoms with Crippen LogP contribution in [0.5, 0.6) is 11.5 Å². The van der Waals surface area contributed by atoms with Crippen molar-refractivity contribution < 1.29 is 13.9 Å². The van der Waals surface area contributed by atoms with Crippen LogP contribution in [-0.4, -0.2) is 16.3 Å². The first-order valence-corrected chi connectivity index (χ1v) is 12.0. The summed E-state index contributed by atoms with van der Waals surface area (Å²) in [5.74, 6) is 1.03. The van der Waals surface area contributed by atoms with Gasteiger partial charge >= 0.3 is 0 Å². The van der Waals surface area contributed by atoms with Crippen molar-refractivity contribution in [2.75, 3.05) is 6.79 Å². The maximum atomic E-state index is 14.3. The van der Waals surface area contributed by atoms with Crippen LogP contribution < -0.4 is 15.0 Å². The number of hydrogen-bond donors (Lipinski definition) is 0. The lowest BCUT2D eigenvalue weighted by Gasteiger charge is -2.16. The number of allylic oxidation sites excluding steroid dienone is 2. The van der Waals surface area contributed by atoms with Gasteiger partial charge in [0, 0.05) is 29.0 Å². The summed E-state index contributed by atoms with van der Waals surface area (Å²) in [5.41, 5.74) is 2.18. The number of fused-ring (bicyclic) bond motifs is 2. The second kappa shape index (κ2) is 9.16. The Balaban J connectivity index is 1.53. The van der Waals surface area contributed by atoms with Gasteiger partial charge < -0.3 is 9.47 Å². The number of halogens is 2. The molecule has 2 aromatic carbocycles. The molecule has 1 aliphatic heterocycles. The molecule has 1 aliphatic carbocycles. The average molecular weight is 473 g/mol. The first-order valence-electron chi connectivity index (χ1n) is 10.7. The van der Waals surface area contributed by atoms with E-state index in [9.17, 15) is 9.18 Å². The predicted molar refractivity (Wildman–Crippen MR) is 124 cm³/mol. The molecule has 166 valence electrons. The lowest BCUT2D eigenvalue weighted by Crippen LogP contribution is -2.24. The van der Waals surface area contributed by atoms with Crippen LogP contribution in [-0.2, 0) is 12.3 Å². The van der Waals surface area contributed by atoms with Crippen LogP contribution >= 0.6 is 23.4 Å². The van der Waals surface area contributed by atoms with Crippen molar-refractivity contribution in [2.24, 2.45) is 0 Å². The Bertz CT molecular complexity index is 1250. The van der Waals surface area contributed by atoms with E-state index in [-0.39, 0.29) is 23.9 Å². The van der Waals surface area contributed by atoms with Crippen LogP contribution in [0, 0.1) is 5.82 Å². The fourth-order valence-corrected chi connectivity index (χ4v) is 5.46. The fourth-order valence-electron chi connectivity index (χ4n) is 4.09. The number of benzene rings is 2. The molecule has 0 atom stereocenters. The number of rotatable bonds is 6. The van der Waals surface area contributed by atoms with Gasteiger partial charge in [-0.2, -0.15) is 0 Å². The van der Waals surface area contributed by atoms with Crippen molar-refractivity contribution in [2.45, 2.75) is 49.6 Å². The van der Waals surface area contributed by atoms with E-state index in [0.717, 1.165) is 19.3 Å². The van der Waals surface area contributed by atoms with Gasteiger partial charge in [-0.25, -0.2) is 9.37 Å². The minimum Gasteiger partial charge on any atom is -0.454 e. The Hall–Kier alpha value is -2.51. The zero-order chi connectivity index (χ0) is 22.1. The molecule has 0 unspecified atom stereocenters. The molecule has 0 bridgehead atoms. The normalized spacial score (nSPS) is 15.2. The van der Waals surface area contributed by atoms with Gasteiger partial charge in [0.1, 0.15) is 5.82 Å². The Morgan fingerprint density at radius 3 is 2.81 bits per heavy atom. The highest BCUT2D eigenvalue weighted by molar-refractivity contribution is 7.98. The first kappa shape index (κ1) is 21.3. The molecular formula is C24H22ClFN2O3S. The van der Waals surface area contributed by atoms with Crippen molar-refractivity contribution in [3.63, 3.8) is 0 Å². The molecule has 0 spiro atoms. The minimum atomic E-state index is -0.365. The van der Waals surface area contributed by atoms with Gasteiger partial charge in [-0.15, -0.1) is 0 Å². The van der Waals surface area contributed by atoms with E-state index in [0.29, 0.717) is 44.7 Å². The minimum absolute atomic E-state index is 0.126. The lowest BCUT2D eigenvalue weighted by atomic mass is 9.97. The monoisotopic (exact) mass is 472 g/mol. The number of aromatic nitrogens is 2. The standard InChI is InChI=1S/C24H22ClFN2O3S/c25-18-7-4-8-19(26)17(18)13-32-24-27-20-12-22-21(30-14-31-22)11-16(20)23(29)28(24)10-9-15-5-2-1-3-6-15/h4-5,7-8,11-12H,1-3,6,9-10,13-14H2. The van der Waals surface area contributed by atoms with Gasteiger partial charge in [0.2, 0.25) is 6.79 Å². The van der Waals surface area contributed by atoms with Crippen molar-refractivity contribution >= 4 is 34.3 Å². The number of thioether (sulfide) groups is 1. The molecule has 3 aromatic rings. The summed E-state index contributed by atoms with van der Waals surface area (Å²) in [7, 11) is 0. The third-order valence-corrected chi connectivity index (χ3v) is 7.22. The Labute approximate surface area is 194 Å². The van der Waals surface area contributed by atoms with Crippen LogP contribution in [0.1, 0.15) is 37.7 Å². The highest BCUT2D eigenvalue weighted by Crippen LogP contribution is 2.36. The zero-order valence-electron chi connectivity index (χ0n) is 17.4.